The number of thiocarbonyl (C=S) groups is 1. The van der Waals surface area contributed by atoms with Crippen molar-refractivity contribution in [3.63, 3.8) is 0 Å². The summed E-state index contributed by atoms with van der Waals surface area (Å²) >= 11 is 6.47. The minimum absolute atomic E-state index is 0.766. The third-order valence-corrected chi connectivity index (χ3v) is 2.85. The first kappa shape index (κ1) is 16.1. The molecule has 4 heteroatoms. The molecule has 0 aromatic rings. The maximum atomic E-state index is 5.01. The third kappa shape index (κ3) is 7.37. The molecule has 0 fully saturated rings. The van der Waals surface area contributed by atoms with Crippen molar-refractivity contribution in [2.24, 2.45) is 5.92 Å². The molecule has 0 aliphatic carbocycles. The summed E-state index contributed by atoms with van der Waals surface area (Å²) in [5.41, 5.74) is 1.99. The summed E-state index contributed by atoms with van der Waals surface area (Å²) in [6, 6.07) is 0. The molecule has 2 N–H and O–H groups in total. The Labute approximate surface area is 119 Å². The zero-order chi connectivity index (χ0) is 12.4. The van der Waals surface area contributed by atoms with Crippen molar-refractivity contribution >= 4 is 17.6 Å². The second-order valence-corrected chi connectivity index (χ2v) is 4.73. The molecule has 0 saturated heterocycles. The van der Waals surface area contributed by atoms with Gasteiger partial charge in [-0.1, -0.05) is 0 Å². The molecule has 0 aliphatic rings. The molecule has 88 valence electrons. The maximum absolute atomic E-state index is 5.01. The molecule has 0 unspecified atom stereocenters. The van der Waals surface area contributed by atoms with Crippen molar-refractivity contribution in [2.75, 3.05) is 13.1 Å². The van der Waals surface area contributed by atoms with Gasteiger partial charge in [-0.05, 0) is 0 Å². The van der Waals surface area contributed by atoms with E-state index >= 15 is 0 Å². The van der Waals surface area contributed by atoms with Gasteiger partial charge in [-0.15, -0.1) is 0 Å². The molecule has 16 heavy (non-hydrogen) atoms. The van der Waals surface area contributed by atoms with Crippen LogP contribution in [-0.4, -0.2) is 18.5 Å². The molecule has 0 atom stereocenters. The minimum atomic E-state index is 0.766. The summed E-state index contributed by atoms with van der Waals surface area (Å²) in [5.74, 6) is 0.766. The van der Waals surface area contributed by atoms with Crippen LogP contribution in [0.1, 0.15) is 33.6 Å². The van der Waals surface area contributed by atoms with E-state index in [-0.39, 0.29) is 0 Å². The Morgan fingerprint density at radius 3 is 2.56 bits per heavy atom. The molecule has 0 aliphatic heterocycles. The van der Waals surface area contributed by atoms with E-state index in [1.807, 2.05) is 0 Å². The SMILES string of the molecule is CCN/C([C]#[Sc])=C(/C=S)NCCCC(C)C. The normalized spacial score (nSPS) is 11.9. The monoisotopic (exact) mass is 270 g/mol. The third-order valence-electron chi connectivity index (χ3n) is 2.16. The van der Waals surface area contributed by atoms with Crippen LogP contribution in [0.15, 0.2) is 11.4 Å². The molecule has 0 aromatic heterocycles. The topological polar surface area (TPSA) is 24.1 Å². The van der Waals surface area contributed by atoms with Gasteiger partial charge in [-0.25, -0.2) is 0 Å². The summed E-state index contributed by atoms with van der Waals surface area (Å²) in [6.07, 6.45) is 2.43. The van der Waals surface area contributed by atoms with Crippen LogP contribution in [0.5, 0.6) is 0 Å². The van der Waals surface area contributed by atoms with Crippen molar-refractivity contribution in [3.8, 4) is 3.55 Å². The molecule has 2 nitrogen and oxygen atoms in total. The van der Waals surface area contributed by atoms with E-state index in [9.17, 15) is 0 Å². The van der Waals surface area contributed by atoms with Crippen LogP contribution in [0.25, 0.3) is 0 Å². The summed E-state index contributed by atoms with van der Waals surface area (Å²) < 4.78 is 3.17. The second kappa shape index (κ2) is 10.2. The van der Waals surface area contributed by atoms with E-state index in [4.69, 9.17) is 12.2 Å². The first-order valence-corrected chi connectivity index (χ1v) is 7.16. The van der Waals surface area contributed by atoms with Gasteiger partial charge in [0.2, 0.25) is 0 Å². The molecular formula is C12H21N2SSc. The Kier molecular flexibility index (Phi) is 10.3. The molecule has 0 radical (unpaired) electrons. The van der Waals surface area contributed by atoms with Crippen molar-refractivity contribution < 1.29 is 23.7 Å². The Morgan fingerprint density at radius 2 is 2.12 bits per heavy atom. The number of rotatable bonds is 8. The molecular weight excluding hydrogens is 249 g/mol. The van der Waals surface area contributed by atoms with Crippen LogP contribution in [0.2, 0.25) is 0 Å². The van der Waals surface area contributed by atoms with Crippen LogP contribution >= 0.6 is 12.2 Å². The second-order valence-electron chi connectivity index (χ2n) is 4.04. The summed E-state index contributed by atoms with van der Waals surface area (Å²) in [5, 5.41) is 8.32. The van der Waals surface area contributed by atoms with Gasteiger partial charge in [-0.3, -0.25) is 0 Å². The Morgan fingerprint density at radius 1 is 1.44 bits per heavy atom. The van der Waals surface area contributed by atoms with Crippen LogP contribution in [0.4, 0.5) is 0 Å². The summed E-state index contributed by atoms with van der Waals surface area (Å²) in [7, 11) is 0. The van der Waals surface area contributed by atoms with Crippen LogP contribution < -0.4 is 10.6 Å². The van der Waals surface area contributed by atoms with Gasteiger partial charge in [0, 0.05) is 0 Å². The fourth-order valence-electron chi connectivity index (χ4n) is 1.32. The van der Waals surface area contributed by atoms with Crippen LogP contribution in [-0.2, 0) is 23.7 Å². The van der Waals surface area contributed by atoms with Gasteiger partial charge in [0.05, 0.1) is 0 Å². The molecule has 0 bridgehead atoms. The van der Waals surface area contributed by atoms with Gasteiger partial charge >= 0.3 is 119 Å². The average Bonchev–Trinajstić information content (AvgIpc) is 2.26. The zero-order valence-electron chi connectivity index (χ0n) is 10.5. The van der Waals surface area contributed by atoms with Crippen molar-refractivity contribution in [1.29, 1.82) is 0 Å². The van der Waals surface area contributed by atoms with Gasteiger partial charge < -0.3 is 0 Å². The van der Waals surface area contributed by atoms with Gasteiger partial charge in [-0.2, -0.15) is 0 Å². The van der Waals surface area contributed by atoms with E-state index < -0.39 is 0 Å². The summed E-state index contributed by atoms with van der Waals surface area (Å²) in [4.78, 5) is 0. The Bertz CT molecular complexity index is 279. The molecule has 0 saturated carbocycles. The molecule has 0 heterocycles. The van der Waals surface area contributed by atoms with E-state index in [0.29, 0.717) is 0 Å². The number of allylic oxidation sites excluding steroid dienone is 2. The molecule has 0 aromatic carbocycles. The fraction of sp³-hybridized carbons (Fsp3) is 0.667. The van der Waals surface area contributed by atoms with E-state index in [0.717, 1.165) is 30.4 Å². The Balaban J connectivity index is 4.18. The predicted molar refractivity (Wildman–Crippen MR) is 70.3 cm³/mol. The first-order chi connectivity index (χ1) is 7.65. The average molecular weight is 270 g/mol. The standard InChI is InChI=1S/C12H21N2S.Sc/c1-5-13-11(4)12(9-15)14-8-6-7-10(2)3;/h9-10,13-14H,5-8H2,1-3H3;/b12-11-;. The fourth-order valence-corrected chi connectivity index (χ4v) is 1.93. The number of hydrogen-bond donors (Lipinski definition) is 2. The predicted octanol–water partition coefficient (Wildman–Crippen LogP) is 2.34. The number of hydrogen-bond acceptors (Lipinski definition) is 3. The van der Waals surface area contributed by atoms with Crippen LogP contribution in [0, 0.1) is 9.47 Å². The molecule has 0 amide bonds. The molecule has 0 spiro atoms. The van der Waals surface area contributed by atoms with Gasteiger partial charge in [0.1, 0.15) is 0 Å². The van der Waals surface area contributed by atoms with E-state index in [1.54, 1.807) is 5.37 Å². The summed E-state index contributed by atoms with van der Waals surface area (Å²) in [6.45, 7) is 8.44. The zero-order valence-corrected chi connectivity index (χ0v) is 13.1. The Hall–Kier alpha value is 0.0801. The van der Waals surface area contributed by atoms with Gasteiger partial charge in [0.15, 0.2) is 0 Å². The molecule has 0 rings (SSSR count). The van der Waals surface area contributed by atoms with Crippen molar-refractivity contribution in [1.82, 2.24) is 10.6 Å². The van der Waals surface area contributed by atoms with Crippen LogP contribution in [0.3, 0.4) is 0 Å². The van der Waals surface area contributed by atoms with Gasteiger partial charge in [0.25, 0.3) is 0 Å². The number of nitrogens with one attached hydrogen (secondary N) is 2. The first-order valence-electron chi connectivity index (χ1n) is 5.79. The van der Waals surface area contributed by atoms with Crippen molar-refractivity contribution in [2.45, 2.75) is 33.6 Å². The quantitative estimate of drug-likeness (QED) is 0.402. The van der Waals surface area contributed by atoms with Crippen molar-refractivity contribution in [3.05, 3.63) is 11.4 Å². The van der Waals surface area contributed by atoms with E-state index in [1.165, 1.54) is 36.5 Å². The van der Waals surface area contributed by atoms with E-state index in [2.05, 4.69) is 35.0 Å².